The summed E-state index contributed by atoms with van der Waals surface area (Å²) in [6, 6.07) is 4.04. The van der Waals surface area contributed by atoms with Crippen molar-refractivity contribution in [2.75, 3.05) is 6.54 Å². The smallest absolute Gasteiger partial charge is 0.175 e. The minimum absolute atomic E-state index is 0.385. The summed E-state index contributed by atoms with van der Waals surface area (Å²) in [6.07, 6.45) is 5.94. The van der Waals surface area contributed by atoms with Gasteiger partial charge in [0.1, 0.15) is 0 Å². The fraction of sp³-hybridized carbons (Fsp3) is 0.462. The van der Waals surface area contributed by atoms with Crippen molar-refractivity contribution in [2.45, 2.75) is 32.7 Å². The number of rotatable bonds is 6. The molecule has 1 N–H and O–H groups in total. The minimum atomic E-state index is 0.385. The first-order valence-electron chi connectivity index (χ1n) is 6.41. The van der Waals surface area contributed by atoms with E-state index in [0.29, 0.717) is 17.0 Å². The molecule has 0 aliphatic rings. The van der Waals surface area contributed by atoms with Crippen LogP contribution in [0.1, 0.15) is 25.8 Å². The number of nitrogens with zero attached hydrogens (tertiary/aromatic N) is 4. The molecule has 2 aromatic heterocycles. The molecule has 6 heteroatoms. The molecule has 0 fully saturated rings. The molecule has 0 aromatic carbocycles. The summed E-state index contributed by atoms with van der Waals surface area (Å²) in [5.41, 5.74) is 1.20. The van der Waals surface area contributed by atoms with E-state index in [4.69, 9.17) is 11.6 Å². The number of nitrogens with one attached hydrogen (secondary N) is 1. The largest absolute Gasteiger partial charge is 0.315 e. The predicted octanol–water partition coefficient (Wildman–Crippen LogP) is 2.25. The van der Waals surface area contributed by atoms with Crippen LogP contribution in [-0.4, -0.2) is 32.6 Å². The molecule has 2 aromatic rings. The third-order valence-electron chi connectivity index (χ3n) is 2.68. The van der Waals surface area contributed by atoms with Gasteiger partial charge in [0.15, 0.2) is 11.0 Å². The maximum Gasteiger partial charge on any atom is 0.175 e. The molecule has 0 bridgehead atoms. The van der Waals surface area contributed by atoms with Crippen molar-refractivity contribution >= 4 is 11.6 Å². The van der Waals surface area contributed by atoms with E-state index in [1.54, 1.807) is 16.8 Å². The highest BCUT2D eigenvalue weighted by molar-refractivity contribution is 6.29. The molecule has 0 saturated carbocycles. The monoisotopic (exact) mass is 279 g/mol. The summed E-state index contributed by atoms with van der Waals surface area (Å²) < 4.78 is 1.72. The Hall–Kier alpha value is -1.46. The van der Waals surface area contributed by atoms with Crippen molar-refractivity contribution in [3.8, 4) is 5.82 Å². The van der Waals surface area contributed by atoms with Gasteiger partial charge >= 0.3 is 0 Å². The van der Waals surface area contributed by atoms with Crippen LogP contribution in [0, 0.1) is 0 Å². The normalized spacial score (nSPS) is 11.2. The summed E-state index contributed by atoms with van der Waals surface area (Å²) in [6.45, 7) is 5.32. The topological polar surface area (TPSA) is 55.6 Å². The number of hydrogen-bond donors (Lipinski definition) is 1. The van der Waals surface area contributed by atoms with Crippen molar-refractivity contribution in [2.24, 2.45) is 0 Å². The van der Waals surface area contributed by atoms with Crippen LogP contribution in [-0.2, 0) is 6.42 Å². The molecular weight excluding hydrogens is 262 g/mol. The maximum atomic E-state index is 5.70. The van der Waals surface area contributed by atoms with Crippen LogP contribution in [0.5, 0.6) is 0 Å². The molecule has 5 nitrogen and oxygen atoms in total. The molecular formula is C13H18ClN5. The molecule has 0 amide bonds. The van der Waals surface area contributed by atoms with E-state index in [1.807, 2.05) is 12.4 Å². The van der Waals surface area contributed by atoms with Crippen LogP contribution >= 0.6 is 11.6 Å². The SMILES string of the molecule is CC(C)NCCCc1cnn(-c2ccc(Cl)nn2)c1. The van der Waals surface area contributed by atoms with Gasteiger partial charge in [-0.05, 0) is 37.1 Å². The highest BCUT2D eigenvalue weighted by Gasteiger charge is 2.03. The van der Waals surface area contributed by atoms with E-state index in [-0.39, 0.29) is 0 Å². The lowest BCUT2D eigenvalue weighted by molar-refractivity contribution is 0.570. The minimum Gasteiger partial charge on any atom is -0.315 e. The molecule has 0 spiro atoms. The van der Waals surface area contributed by atoms with Crippen LogP contribution in [0.3, 0.4) is 0 Å². The zero-order valence-electron chi connectivity index (χ0n) is 11.2. The second-order valence-electron chi connectivity index (χ2n) is 4.72. The summed E-state index contributed by atoms with van der Waals surface area (Å²) in [5.74, 6) is 0.677. The van der Waals surface area contributed by atoms with Gasteiger partial charge in [-0.1, -0.05) is 25.4 Å². The predicted molar refractivity (Wildman–Crippen MR) is 75.6 cm³/mol. The number of halogens is 1. The van der Waals surface area contributed by atoms with E-state index in [0.717, 1.165) is 19.4 Å². The lowest BCUT2D eigenvalue weighted by atomic mass is 10.2. The van der Waals surface area contributed by atoms with Crippen molar-refractivity contribution in [3.05, 3.63) is 35.2 Å². The van der Waals surface area contributed by atoms with Gasteiger partial charge in [-0.15, -0.1) is 10.2 Å². The molecule has 19 heavy (non-hydrogen) atoms. The van der Waals surface area contributed by atoms with Gasteiger partial charge in [0, 0.05) is 12.2 Å². The number of aryl methyl sites for hydroxylation is 1. The van der Waals surface area contributed by atoms with E-state index in [2.05, 4.69) is 34.5 Å². The molecule has 0 saturated heterocycles. The van der Waals surface area contributed by atoms with E-state index < -0.39 is 0 Å². The van der Waals surface area contributed by atoms with Crippen LogP contribution in [0.25, 0.3) is 5.82 Å². The second-order valence-corrected chi connectivity index (χ2v) is 5.11. The Bertz CT molecular complexity index is 506. The van der Waals surface area contributed by atoms with Crippen molar-refractivity contribution in [3.63, 3.8) is 0 Å². The fourth-order valence-corrected chi connectivity index (χ4v) is 1.83. The van der Waals surface area contributed by atoms with Gasteiger partial charge in [0.2, 0.25) is 0 Å². The standard InChI is InChI=1S/C13H18ClN5/c1-10(2)15-7-3-4-11-8-16-19(9-11)13-6-5-12(14)17-18-13/h5-6,8-10,15H,3-4,7H2,1-2H3. The van der Waals surface area contributed by atoms with E-state index in [9.17, 15) is 0 Å². The Morgan fingerprint density at radius 1 is 1.32 bits per heavy atom. The Morgan fingerprint density at radius 3 is 2.84 bits per heavy atom. The van der Waals surface area contributed by atoms with Crippen LogP contribution in [0.4, 0.5) is 0 Å². The van der Waals surface area contributed by atoms with Gasteiger partial charge in [-0.2, -0.15) is 5.10 Å². The maximum absolute atomic E-state index is 5.70. The van der Waals surface area contributed by atoms with Gasteiger partial charge in [0.05, 0.1) is 6.20 Å². The van der Waals surface area contributed by atoms with Crippen molar-refractivity contribution in [1.82, 2.24) is 25.3 Å². The summed E-state index contributed by atoms with van der Waals surface area (Å²) >= 11 is 5.70. The zero-order chi connectivity index (χ0) is 13.7. The van der Waals surface area contributed by atoms with Crippen LogP contribution < -0.4 is 5.32 Å². The molecule has 0 aliphatic carbocycles. The molecule has 0 atom stereocenters. The third kappa shape index (κ3) is 4.29. The quantitative estimate of drug-likeness (QED) is 0.824. The van der Waals surface area contributed by atoms with Gasteiger partial charge in [0.25, 0.3) is 0 Å². The van der Waals surface area contributed by atoms with Crippen molar-refractivity contribution in [1.29, 1.82) is 0 Å². The van der Waals surface area contributed by atoms with Crippen LogP contribution in [0.15, 0.2) is 24.5 Å². The average molecular weight is 280 g/mol. The van der Waals surface area contributed by atoms with Crippen molar-refractivity contribution < 1.29 is 0 Å². The molecule has 0 aliphatic heterocycles. The first-order valence-corrected chi connectivity index (χ1v) is 6.79. The first kappa shape index (κ1) is 14.0. The Balaban J connectivity index is 1.90. The number of hydrogen-bond acceptors (Lipinski definition) is 4. The third-order valence-corrected chi connectivity index (χ3v) is 2.89. The summed E-state index contributed by atoms with van der Waals surface area (Å²) in [4.78, 5) is 0. The molecule has 0 radical (unpaired) electrons. The van der Waals surface area contributed by atoms with Gasteiger partial charge in [-0.25, -0.2) is 4.68 Å². The zero-order valence-corrected chi connectivity index (χ0v) is 11.9. The van der Waals surface area contributed by atoms with Crippen LogP contribution in [0.2, 0.25) is 5.15 Å². The Morgan fingerprint density at radius 2 is 2.16 bits per heavy atom. The second kappa shape index (κ2) is 6.63. The van der Waals surface area contributed by atoms with E-state index >= 15 is 0 Å². The lowest BCUT2D eigenvalue weighted by Gasteiger charge is -2.06. The lowest BCUT2D eigenvalue weighted by Crippen LogP contribution is -2.23. The number of aromatic nitrogens is 4. The summed E-state index contributed by atoms with van der Waals surface area (Å²) in [7, 11) is 0. The molecule has 2 heterocycles. The first-order chi connectivity index (χ1) is 9.15. The molecule has 0 unspecified atom stereocenters. The highest BCUT2D eigenvalue weighted by Crippen LogP contribution is 2.08. The van der Waals surface area contributed by atoms with E-state index in [1.165, 1.54) is 5.56 Å². The highest BCUT2D eigenvalue weighted by atomic mass is 35.5. The molecule has 102 valence electrons. The Kier molecular flexibility index (Phi) is 4.87. The Labute approximate surface area is 118 Å². The average Bonchev–Trinajstić information content (AvgIpc) is 2.84. The molecule has 2 rings (SSSR count). The fourth-order valence-electron chi connectivity index (χ4n) is 1.73. The van der Waals surface area contributed by atoms with Gasteiger partial charge in [-0.3, -0.25) is 0 Å². The summed E-state index contributed by atoms with van der Waals surface area (Å²) in [5, 5.41) is 15.9. The van der Waals surface area contributed by atoms with Gasteiger partial charge < -0.3 is 5.32 Å².